The minimum atomic E-state index is -4.03. The molecule has 5 aliphatic carbocycles. The molecule has 0 amide bonds. The maximum absolute atomic E-state index is 14.0. The van der Waals surface area contributed by atoms with Gasteiger partial charge in [-0.25, -0.2) is 0 Å². The number of hydrogen-bond donors (Lipinski definition) is 0. The molecule has 4 aromatic carbocycles. The molecule has 6 aliphatic rings. The van der Waals surface area contributed by atoms with Crippen LogP contribution in [0.3, 0.4) is 0 Å². The summed E-state index contributed by atoms with van der Waals surface area (Å²) >= 11 is 0. The van der Waals surface area contributed by atoms with Crippen LogP contribution in [-0.4, -0.2) is 37.8 Å². The molecule has 2 saturated carbocycles. The summed E-state index contributed by atoms with van der Waals surface area (Å²) in [5.74, 6) is -2.96. The Morgan fingerprint density at radius 1 is 0.721 bits per heavy atom. The van der Waals surface area contributed by atoms with Crippen molar-refractivity contribution in [3.63, 3.8) is 0 Å². The number of ether oxygens (including phenoxy) is 2. The third-order valence-electron chi connectivity index (χ3n) is 10.6. The van der Waals surface area contributed by atoms with Crippen LogP contribution in [-0.2, 0) is 28.6 Å². The standard InChI is InChI=1S/C35H28O7S/c36-34(26-16-24-20-11-3-5-13-22(20)29(26)23-14-6-4-12-21(23)24)41-31-25-17-27-32(31)42-43(38,39)33(27)30(25)35(37)40-28-15-7-9-18-8-1-2-10-19(18)28/h1-15,24-27,29-33H,16-17H2. The van der Waals surface area contributed by atoms with Crippen molar-refractivity contribution < 1.29 is 31.7 Å². The molecule has 7 atom stereocenters. The van der Waals surface area contributed by atoms with Gasteiger partial charge in [0.25, 0.3) is 10.1 Å². The average Bonchev–Trinajstić information content (AvgIpc) is 3.64. The molecule has 0 radical (unpaired) electrons. The molecule has 0 N–H and O–H groups in total. The summed E-state index contributed by atoms with van der Waals surface area (Å²) in [5.41, 5.74) is 4.78. The molecular formula is C35H28O7S. The molecule has 0 spiro atoms. The maximum atomic E-state index is 14.0. The summed E-state index contributed by atoms with van der Waals surface area (Å²) in [5, 5.41) is 0.680. The van der Waals surface area contributed by atoms with Crippen LogP contribution in [0.1, 0.15) is 46.9 Å². The first kappa shape index (κ1) is 25.5. The van der Waals surface area contributed by atoms with Crippen LogP contribution in [0.5, 0.6) is 5.75 Å². The first-order valence-electron chi connectivity index (χ1n) is 14.9. The first-order valence-corrected chi connectivity index (χ1v) is 16.4. The highest BCUT2D eigenvalue weighted by Gasteiger charge is 2.72. The molecule has 0 aromatic heterocycles. The number of fused-ring (bicyclic) bond motifs is 3. The second-order valence-corrected chi connectivity index (χ2v) is 14.3. The lowest BCUT2D eigenvalue weighted by molar-refractivity contribution is -0.166. The molecule has 1 saturated heterocycles. The third-order valence-corrected chi connectivity index (χ3v) is 12.4. The van der Waals surface area contributed by atoms with Crippen molar-refractivity contribution >= 4 is 32.8 Å². The number of rotatable bonds is 4. The van der Waals surface area contributed by atoms with Gasteiger partial charge in [-0.05, 0) is 46.5 Å². The summed E-state index contributed by atoms with van der Waals surface area (Å²) < 4.78 is 44.1. The summed E-state index contributed by atoms with van der Waals surface area (Å²) in [6.07, 6.45) is -0.547. The van der Waals surface area contributed by atoms with E-state index in [0.717, 1.165) is 21.9 Å². The van der Waals surface area contributed by atoms with Crippen molar-refractivity contribution in [3.8, 4) is 5.75 Å². The number of benzene rings is 4. The van der Waals surface area contributed by atoms with Crippen molar-refractivity contribution in [2.45, 2.75) is 42.1 Å². The van der Waals surface area contributed by atoms with Gasteiger partial charge < -0.3 is 9.47 Å². The molecule has 3 fully saturated rings. The van der Waals surface area contributed by atoms with Gasteiger partial charge >= 0.3 is 11.9 Å². The highest BCUT2D eigenvalue weighted by atomic mass is 32.2. The van der Waals surface area contributed by atoms with Crippen LogP contribution < -0.4 is 4.74 Å². The molecule has 1 aliphatic heterocycles. The van der Waals surface area contributed by atoms with Crippen molar-refractivity contribution in [1.82, 2.24) is 0 Å². The fourth-order valence-electron chi connectivity index (χ4n) is 9.00. The SMILES string of the molecule is O=C(OC1C2CC3C1OS(=O)(=O)C3C2C(=O)Oc1cccc2ccccc12)C1CC2c3ccccc3C1c1ccccc12. The van der Waals surface area contributed by atoms with E-state index in [9.17, 15) is 18.0 Å². The van der Waals surface area contributed by atoms with Crippen LogP contribution in [0, 0.1) is 23.7 Å². The number of esters is 2. The Morgan fingerprint density at radius 2 is 1.37 bits per heavy atom. The highest BCUT2D eigenvalue weighted by molar-refractivity contribution is 7.87. The molecule has 216 valence electrons. The predicted octanol–water partition coefficient (Wildman–Crippen LogP) is 5.32. The van der Waals surface area contributed by atoms with Gasteiger partial charge in [-0.2, -0.15) is 8.42 Å². The molecule has 4 bridgehead atoms. The van der Waals surface area contributed by atoms with Crippen LogP contribution >= 0.6 is 0 Å². The largest absolute Gasteiger partial charge is 0.459 e. The summed E-state index contributed by atoms with van der Waals surface area (Å²) in [6, 6.07) is 29.5. The van der Waals surface area contributed by atoms with E-state index in [1.54, 1.807) is 12.1 Å². The molecule has 8 heteroatoms. The number of carbonyl (C=O) groups is 2. The summed E-state index contributed by atoms with van der Waals surface area (Å²) in [4.78, 5) is 27.8. The maximum Gasteiger partial charge on any atom is 0.316 e. The van der Waals surface area contributed by atoms with Crippen LogP contribution in [0.25, 0.3) is 10.8 Å². The highest BCUT2D eigenvalue weighted by Crippen LogP contribution is 2.60. The molecule has 7 nitrogen and oxygen atoms in total. The van der Waals surface area contributed by atoms with Gasteiger partial charge in [-0.1, -0.05) is 84.9 Å². The molecule has 7 unspecified atom stereocenters. The summed E-state index contributed by atoms with van der Waals surface area (Å²) in [6.45, 7) is 0. The number of carbonyl (C=O) groups excluding carboxylic acids is 2. The molecule has 1 heterocycles. The first-order chi connectivity index (χ1) is 20.9. The van der Waals surface area contributed by atoms with Gasteiger partial charge in [0.05, 0.1) is 11.8 Å². The van der Waals surface area contributed by atoms with Crippen LogP contribution in [0.4, 0.5) is 0 Å². The van der Waals surface area contributed by atoms with Gasteiger partial charge in [0.15, 0.2) is 0 Å². The van der Waals surface area contributed by atoms with Gasteiger partial charge in [-0.15, -0.1) is 0 Å². The zero-order chi connectivity index (χ0) is 29.0. The van der Waals surface area contributed by atoms with Crippen molar-refractivity contribution in [2.24, 2.45) is 23.7 Å². The Morgan fingerprint density at radius 3 is 2.12 bits per heavy atom. The number of hydrogen-bond acceptors (Lipinski definition) is 7. The lowest BCUT2D eigenvalue weighted by Gasteiger charge is -2.45. The molecule has 10 rings (SSSR count). The quantitative estimate of drug-likeness (QED) is 0.180. The zero-order valence-corrected chi connectivity index (χ0v) is 23.9. The Bertz CT molecular complexity index is 1900. The van der Waals surface area contributed by atoms with E-state index in [1.165, 1.54) is 11.1 Å². The van der Waals surface area contributed by atoms with Gasteiger partial charge in [-0.3, -0.25) is 13.8 Å². The van der Waals surface area contributed by atoms with Crippen LogP contribution in [0.2, 0.25) is 0 Å². The van der Waals surface area contributed by atoms with Gasteiger partial charge in [0.2, 0.25) is 0 Å². The predicted molar refractivity (Wildman–Crippen MR) is 157 cm³/mol. The minimum Gasteiger partial charge on any atom is -0.459 e. The van der Waals surface area contributed by atoms with Crippen molar-refractivity contribution in [3.05, 3.63) is 113 Å². The lowest BCUT2D eigenvalue weighted by Crippen LogP contribution is -2.48. The second-order valence-electron chi connectivity index (χ2n) is 12.5. The Kier molecular flexibility index (Phi) is 5.34. The normalized spacial score (nSPS) is 33.6. The van der Waals surface area contributed by atoms with Crippen molar-refractivity contribution in [1.29, 1.82) is 0 Å². The fourth-order valence-corrected chi connectivity index (χ4v) is 11.1. The Hall–Kier alpha value is -4.01. The smallest absolute Gasteiger partial charge is 0.316 e. The van der Waals surface area contributed by atoms with Crippen molar-refractivity contribution in [2.75, 3.05) is 0 Å². The molecule has 43 heavy (non-hydrogen) atoms. The average molecular weight is 593 g/mol. The van der Waals surface area contributed by atoms with E-state index >= 15 is 0 Å². The molecule has 4 aromatic rings. The fraction of sp³-hybridized carbons (Fsp3) is 0.314. The zero-order valence-electron chi connectivity index (χ0n) is 23.0. The molecular weight excluding hydrogens is 564 g/mol. The topological polar surface area (TPSA) is 96.0 Å². The lowest BCUT2D eigenvalue weighted by atomic mass is 9.59. The van der Waals surface area contributed by atoms with E-state index in [0.29, 0.717) is 18.6 Å². The van der Waals surface area contributed by atoms with E-state index < -0.39 is 57.2 Å². The van der Waals surface area contributed by atoms with E-state index in [4.69, 9.17) is 13.7 Å². The van der Waals surface area contributed by atoms with E-state index in [-0.39, 0.29) is 17.8 Å². The third kappa shape index (κ3) is 3.53. The monoisotopic (exact) mass is 592 g/mol. The van der Waals surface area contributed by atoms with Crippen LogP contribution in [0.15, 0.2) is 91.0 Å². The van der Waals surface area contributed by atoms with Gasteiger partial charge in [0.1, 0.15) is 23.2 Å². The summed E-state index contributed by atoms with van der Waals surface area (Å²) in [7, 11) is -4.03. The Labute approximate surface area is 248 Å². The van der Waals surface area contributed by atoms with E-state index in [2.05, 4.69) is 24.3 Å². The van der Waals surface area contributed by atoms with Gasteiger partial charge in [0, 0.05) is 29.1 Å². The second kappa shape index (κ2) is 9.00. The Balaban J connectivity index is 1.03. The van der Waals surface area contributed by atoms with E-state index in [1.807, 2.05) is 54.6 Å². The minimum absolute atomic E-state index is 0.0888.